The number of methoxy groups -OCH3 is 2. The van der Waals surface area contributed by atoms with Gasteiger partial charge in [0.1, 0.15) is 5.75 Å². The van der Waals surface area contributed by atoms with Gasteiger partial charge in [-0.3, -0.25) is 4.79 Å². The van der Waals surface area contributed by atoms with Gasteiger partial charge in [-0.05, 0) is 43.5 Å². The van der Waals surface area contributed by atoms with Crippen LogP contribution in [0.1, 0.15) is 18.4 Å². The summed E-state index contributed by atoms with van der Waals surface area (Å²) in [7, 11) is 3.12. The van der Waals surface area contributed by atoms with Crippen molar-refractivity contribution in [1.82, 2.24) is 5.32 Å². The summed E-state index contributed by atoms with van der Waals surface area (Å²) in [5, 5.41) is 3.35. The Morgan fingerprint density at radius 2 is 1.95 bits per heavy atom. The van der Waals surface area contributed by atoms with Gasteiger partial charge in [-0.1, -0.05) is 12.1 Å². The standard InChI is InChI=1S/C15H21NO3/c1-18-13-5-3-12(4-6-13)7-10-16-11-15(8-9-15)14(17)19-2/h3-6,16H,7-11H2,1-2H3. The molecule has 4 heteroatoms. The smallest absolute Gasteiger partial charge is 0.313 e. The third-order valence-electron chi connectivity index (χ3n) is 3.68. The molecule has 1 fully saturated rings. The van der Waals surface area contributed by atoms with E-state index in [0.29, 0.717) is 0 Å². The number of benzene rings is 1. The SMILES string of the molecule is COC(=O)C1(CNCCc2ccc(OC)cc2)CC1. The highest BCUT2D eigenvalue weighted by Crippen LogP contribution is 2.45. The van der Waals surface area contributed by atoms with E-state index in [2.05, 4.69) is 17.4 Å². The molecule has 0 saturated heterocycles. The van der Waals surface area contributed by atoms with Crippen molar-refractivity contribution in [2.75, 3.05) is 27.3 Å². The van der Waals surface area contributed by atoms with E-state index in [1.165, 1.54) is 12.7 Å². The minimum Gasteiger partial charge on any atom is -0.497 e. The maximum atomic E-state index is 11.6. The fourth-order valence-corrected chi connectivity index (χ4v) is 2.17. The molecule has 0 radical (unpaired) electrons. The summed E-state index contributed by atoms with van der Waals surface area (Å²) in [5.74, 6) is 0.795. The van der Waals surface area contributed by atoms with Crippen molar-refractivity contribution < 1.29 is 14.3 Å². The molecule has 19 heavy (non-hydrogen) atoms. The molecule has 1 N–H and O–H groups in total. The van der Waals surface area contributed by atoms with E-state index < -0.39 is 0 Å². The molecule has 104 valence electrons. The molecule has 1 aromatic carbocycles. The highest BCUT2D eigenvalue weighted by molar-refractivity contribution is 5.80. The zero-order chi connectivity index (χ0) is 13.7. The predicted octanol–water partition coefficient (Wildman–Crippen LogP) is 1.78. The van der Waals surface area contributed by atoms with E-state index in [9.17, 15) is 4.79 Å². The second-order valence-corrected chi connectivity index (χ2v) is 5.05. The lowest BCUT2D eigenvalue weighted by atomic mass is 10.1. The summed E-state index contributed by atoms with van der Waals surface area (Å²) in [6.45, 7) is 1.58. The van der Waals surface area contributed by atoms with Crippen LogP contribution >= 0.6 is 0 Å². The average Bonchev–Trinajstić information content (AvgIpc) is 3.24. The summed E-state index contributed by atoms with van der Waals surface area (Å²) >= 11 is 0. The van der Waals surface area contributed by atoms with Crippen LogP contribution in [0.15, 0.2) is 24.3 Å². The van der Waals surface area contributed by atoms with Crippen LogP contribution in [0.4, 0.5) is 0 Å². The van der Waals surface area contributed by atoms with Gasteiger partial charge >= 0.3 is 5.97 Å². The molecule has 0 aliphatic heterocycles. The molecule has 4 nitrogen and oxygen atoms in total. The Morgan fingerprint density at radius 1 is 1.26 bits per heavy atom. The molecule has 0 aromatic heterocycles. The summed E-state index contributed by atoms with van der Waals surface area (Å²) in [6.07, 6.45) is 2.83. The quantitative estimate of drug-likeness (QED) is 0.602. The highest BCUT2D eigenvalue weighted by atomic mass is 16.5. The van der Waals surface area contributed by atoms with E-state index in [1.807, 2.05) is 12.1 Å². The lowest BCUT2D eigenvalue weighted by molar-refractivity contribution is -0.146. The molecule has 1 aliphatic rings. The third kappa shape index (κ3) is 3.47. The number of rotatable bonds is 7. The van der Waals surface area contributed by atoms with Crippen molar-refractivity contribution >= 4 is 5.97 Å². The lowest BCUT2D eigenvalue weighted by Gasteiger charge is -2.13. The van der Waals surface area contributed by atoms with Crippen molar-refractivity contribution in [2.45, 2.75) is 19.3 Å². The predicted molar refractivity (Wildman–Crippen MR) is 73.3 cm³/mol. The van der Waals surface area contributed by atoms with Crippen molar-refractivity contribution in [3.05, 3.63) is 29.8 Å². The first-order chi connectivity index (χ1) is 9.20. The molecule has 0 unspecified atom stereocenters. The first kappa shape index (κ1) is 13.9. The fourth-order valence-electron chi connectivity index (χ4n) is 2.17. The second-order valence-electron chi connectivity index (χ2n) is 5.05. The summed E-state index contributed by atoms with van der Waals surface area (Å²) < 4.78 is 9.94. The van der Waals surface area contributed by atoms with Crippen LogP contribution in [-0.4, -0.2) is 33.3 Å². The first-order valence-electron chi connectivity index (χ1n) is 6.62. The number of hydrogen-bond acceptors (Lipinski definition) is 4. The number of hydrogen-bond donors (Lipinski definition) is 1. The van der Waals surface area contributed by atoms with E-state index in [4.69, 9.17) is 9.47 Å². The van der Waals surface area contributed by atoms with E-state index in [1.54, 1.807) is 7.11 Å². The highest BCUT2D eigenvalue weighted by Gasteiger charge is 2.50. The lowest BCUT2D eigenvalue weighted by Crippen LogP contribution is -2.32. The van der Waals surface area contributed by atoms with Gasteiger partial charge in [-0.2, -0.15) is 0 Å². The Labute approximate surface area is 114 Å². The summed E-state index contributed by atoms with van der Waals surface area (Å²) in [6, 6.07) is 8.06. The molecule has 0 amide bonds. The maximum absolute atomic E-state index is 11.6. The molecule has 1 aliphatic carbocycles. The van der Waals surface area contributed by atoms with Crippen LogP contribution in [0.25, 0.3) is 0 Å². The Hall–Kier alpha value is -1.55. The first-order valence-corrected chi connectivity index (χ1v) is 6.62. The number of carbonyl (C=O) groups is 1. The largest absolute Gasteiger partial charge is 0.497 e. The van der Waals surface area contributed by atoms with Crippen LogP contribution in [0, 0.1) is 5.41 Å². The van der Waals surface area contributed by atoms with Crippen molar-refractivity contribution in [3.8, 4) is 5.75 Å². The topological polar surface area (TPSA) is 47.6 Å². The van der Waals surface area contributed by atoms with E-state index in [0.717, 1.165) is 38.1 Å². The second kappa shape index (κ2) is 6.06. The summed E-state index contributed by atoms with van der Waals surface area (Å²) in [4.78, 5) is 11.6. The van der Waals surface area contributed by atoms with Gasteiger partial charge in [-0.15, -0.1) is 0 Å². The van der Waals surface area contributed by atoms with Gasteiger partial charge in [0.2, 0.25) is 0 Å². The minimum atomic E-state index is -0.241. The van der Waals surface area contributed by atoms with Crippen LogP contribution in [0.5, 0.6) is 5.75 Å². The third-order valence-corrected chi connectivity index (χ3v) is 3.68. The number of carbonyl (C=O) groups excluding carboxylic acids is 1. The Kier molecular flexibility index (Phi) is 4.43. The maximum Gasteiger partial charge on any atom is 0.313 e. The molecule has 0 bridgehead atoms. The fraction of sp³-hybridized carbons (Fsp3) is 0.533. The molecular formula is C15H21NO3. The van der Waals surface area contributed by atoms with Crippen molar-refractivity contribution in [3.63, 3.8) is 0 Å². The van der Waals surface area contributed by atoms with Gasteiger partial charge in [0.25, 0.3) is 0 Å². The van der Waals surface area contributed by atoms with Crippen molar-refractivity contribution in [1.29, 1.82) is 0 Å². The van der Waals surface area contributed by atoms with Gasteiger partial charge in [0.05, 0.1) is 19.6 Å². The van der Waals surface area contributed by atoms with E-state index in [-0.39, 0.29) is 11.4 Å². The van der Waals surface area contributed by atoms with Gasteiger partial charge in [0.15, 0.2) is 0 Å². The van der Waals surface area contributed by atoms with E-state index >= 15 is 0 Å². The normalized spacial score (nSPS) is 15.9. The number of esters is 1. The molecule has 1 aromatic rings. The van der Waals surface area contributed by atoms with Crippen molar-refractivity contribution in [2.24, 2.45) is 5.41 Å². The van der Waals surface area contributed by atoms with Gasteiger partial charge in [0, 0.05) is 6.54 Å². The molecular weight excluding hydrogens is 242 g/mol. The zero-order valence-corrected chi connectivity index (χ0v) is 11.6. The van der Waals surface area contributed by atoms with Crippen LogP contribution in [-0.2, 0) is 16.0 Å². The van der Waals surface area contributed by atoms with Gasteiger partial charge < -0.3 is 14.8 Å². The molecule has 1 saturated carbocycles. The van der Waals surface area contributed by atoms with Crippen LogP contribution in [0.3, 0.4) is 0 Å². The molecule has 0 spiro atoms. The van der Waals surface area contributed by atoms with Crippen LogP contribution < -0.4 is 10.1 Å². The monoisotopic (exact) mass is 263 g/mol. The Bertz CT molecular complexity index is 424. The zero-order valence-electron chi connectivity index (χ0n) is 11.6. The van der Waals surface area contributed by atoms with Gasteiger partial charge in [-0.25, -0.2) is 0 Å². The van der Waals surface area contributed by atoms with Crippen LogP contribution in [0.2, 0.25) is 0 Å². The Morgan fingerprint density at radius 3 is 2.47 bits per heavy atom. The molecule has 0 heterocycles. The number of ether oxygens (including phenoxy) is 2. The Balaban J connectivity index is 1.70. The average molecular weight is 263 g/mol. The molecule has 0 atom stereocenters. The number of nitrogens with one attached hydrogen (secondary N) is 1. The summed E-state index contributed by atoms with van der Waals surface area (Å²) in [5.41, 5.74) is 1.02. The minimum absolute atomic E-state index is 0.0792. The molecule has 2 rings (SSSR count).